The van der Waals surface area contributed by atoms with Crippen molar-refractivity contribution in [1.82, 2.24) is 4.98 Å². The molecule has 4 heteroatoms. The molecule has 0 radical (unpaired) electrons. The summed E-state index contributed by atoms with van der Waals surface area (Å²) < 4.78 is 0. The van der Waals surface area contributed by atoms with E-state index in [0.717, 1.165) is 47.9 Å². The van der Waals surface area contributed by atoms with E-state index >= 15 is 0 Å². The second kappa shape index (κ2) is 7.68. The van der Waals surface area contributed by atoms with Crippen molar-refractivity contribution in [3.8, 4) is 0 Å². The number of nitrogens with zero attached hydrogens (tertiary/aromatic N) is 2. The number of carbonyl (C=O) groups is 1. The first-order chi connectivity index (χ1) is 12.1. The van der Waals surface area contributed by atoms with Gasteiger partial charge in [0.05, 0.1) is 11.9 Å². The molecule has 2 aromatic rings. The molecular weight excluding hydrogens is 310 g/mol. The van der Waals surface area contributed by atoms with Crippen LogP contribution < -0.4 is 10.2 Å². The largest absolute Gasteiger partial charge is 0.370 e. The summed E-state index contributed by atoms with van der Waals surface area (Å²) >= 11 is 0. The summed E-state index contributed by atoms with van der Waals surface area (Å²) in [5, 5.41) is 3.04. The molecule has 0 atom stereocenters. The van der Waals surface area contributed by atoms with E-state index in [2.05, 4.69) is 35.1 Å². The zero-order valence-corrected chi connectivity index (χ0v) is 15.4. The Morgan fingerprint density at radius 3 is 2.64 bits per heavy atom. The van der Waals surface area contributed by atoms with Crippen LogP contribution in [0.3, 0.4) is 0 Å². The third-order valence-electron chi connectivity index (χ3n) is 5.11. The molecule has 132 valence electrons. The summed E-state index contributed by atoms with van der Waals surface area (Å²) in [5.74, 6) is 0.652. The average Bonchev–Trinajstić information content (AvgIpc) is 2.64. The monoisotopic (exact) mass is 337 g/mol. The lowest BCUT2D eigenvalue weighted by Crippen LogP contribution is -2.32. The van der Waals surface area contributed by atoms with Gasteiger partial charge in [0.15, 0.2) is 0 Å². The smallest absolute Gasteiger partial charge is 0.274 e. The summed E-state index contributed by atoms with van der Waals surface area (Å²) in [6.45, 7) is 8.55. The molecule has 1 fully saturated rings. The molecule has 0 aliphatic carbocycles. The van der Waals surface area contributed by atoms with Gasteiger partial charge in [-0.25, -0.2) is 4.98 Å². The van der Waals surface area contributed by atoms with E-state index in [0.29, 0.717) is 5.69 Å². The lowest BCUT2D eigenvalue weighted by Gasteiger charge is -2.31. The van der Waals surface area contributed by atoms with Gasteiger partial charge in [-0.3, -0.25) is 4.79 Å². The molecule has 0 unspecified atom stereocenters. The van der Waals surface area contributed by atoms with Crippen molar-refractivity contribution in [3.05, 3.63) is 53.3 Å². The standard InChI is InChI=1S/C21H27N3O/c1-4-17-7-5-6-16(3)20(17)23-21(25)19-9-8-18(14-22-19)24-12-10-15(2)11-13-24/h5-9,14-15H,4,10-13H2,1-3H3,(H,23,25). The number of para-hydroxylation sites is 1. The Hall–Kier alpha value is -2.36. The molecule has 4 nitrogen and oxygen atoms in total. The number of hydrogen-bond donors (Lipinski definition) is 1. The maximum Gasteiger partial charge on any atom is 0.274 e. The number of aryl methyl sites for hydroxylation is 2. The van der Waals surface area contributed by atoms with Crippen LogP contribution in [0.1, 0.15) is 48.3 Å². The van der Waals surface area contributed by atoms with Crippen LogP contribution in [0.5, 0.6) is 0 Å². The Morgan fingerprint density at radius 2 is 2.00 bits per heavy atom. The fourth-order valence-corrected chi connectivity index (χ4v) is 3.35. The molecule has 2 heterocycles. The number of piperidine rings is 1. The molecule has 0 bridgehead atoms. The lowest BCUT2D eigenvalue weighted by atomic mass is 9.99. The fourth-order valence-electron chi connectivity index (χ4n) is 3.35. The summed E-state index contributed by atoms with van der Waals surface area (Å²) in [6, 6.07) is 9.93. The fraction of sp³-hybridized carbons (Fsp3) is 0.429. The number of amides is 1. The van der Waals surface area contributed by atoms with Gasteiger partial charge in [-0.2, -0.15) is 0 Å². The van der Waals surface area contributed by atoms with Gasteiger partial charge in [-0.15, -0.1) is 0 Å². The van der Waals surface area contributed by atoms with Crippen LogP contribution in [-0.4, -0.2) is 24.0 Å². The molecule has 1 saturated heterocycles. The van der Waals surface area contributed by atoms with E-state index in [1.165, 1.54) is 12.8 Å². The van der Waals surface area contributed by atoms with Crippen LogP contribution in [-0.2, 0) is 6.42 Å². The quantitative estimate of drug-likeness (QED) is 0.897. The Morgan fingerprint density at radius 1 is 1.24 bits per heavy atom. The zero-order chi connectivity index (χ0) is 17.8. The molecule has 3 rings (SSSR count). The van der Waals surface area contributed by atoms with Crippen LogP contribution in [0.2, 0.25) is 0 Å². The van der Waals surface area contributed by atoms with Gasteiger partial charge in [0.25, 0.3) is 5.91 Å². The number of hydrogen-bond acceptors (Lipinski definition) is 3. The van der Waals surface area contributed by atoms with Crippen molar-refractivity contribution >= 4 is 17.3 Å². The third kappa shape index (κ3) is 4.01. The maximum atomic E-state index is 12.6. The topological polar surface area (TPSA) is 45.2 Å². The summed E-state index contributed by atoms with van der Waals surface area (Å²) in [5.41, 5.74) is 4.69. The van der Waals surface area contributed by atoms with Crippen molar-refractivity contribution in [2.45, 2.75) is 40.0 Å². The first kappa shape index (κ1) is 17.5. The van der Waals surface area contributed by atoms with E-state index in [1.54, 1.807) is 0 Å². The van der Waals surface area contributed by atoms with Gasteiger partial charge in [0.1, 0.15) is 5.69 Å². The summed E-state index contributed by atoms with van der Waals surface area (Å²) in [4.78, 5) is 19.3. The van der Waals surface area contributed by atoms with Gasteiger partial charge in [-0.05, 0) is 55.4 Å². The number of pyridine rings is 1. The van der Waals surface area contributed by atoms with Crippen LogP contribution in [0.25, 0.3) is 0 Å². The van der Waals surface area contributed by atoms with Gasteiger partial charge < -0.3 is 10.2 Å². The van der Waals surface area contributed by atoms with Crippen molar-refractivity contribution in [1.29, 1.82) is 0 Å². The summed E-state index contributed by atoms with van der Waals surface area (Å²) in [6.07, 6.45) is 5.14. The number of benzene rings is 1. The highest BCUT2D eigenvalue weighted by molar-refractivity contribution is 6.03. The number of aromatic nitrogens is 1. The second-order valence-electron chi connectivity index (χ2n) is 6.99. The lowest BCUT2D eigenvalue weighted by molar-refractivity contribution is 0.102. The average molecular weight is 337 g/mol. The van der Waals surface area contributed by atoms with Crippen molar-refractivity contribution in [2.75, 3.05) is 23.3 Å². The number of rotatable bonds is 4. The van der Waals surface area contributed by atoms with E-state index < -0.39 is 0 Å². The first-order valence-corrected chi connectivity index (χ1v) is 9.19. The van der Waals surface area contributed by atoms with Crippen molar-refractivity contribution in [2.24, 2.45) is 5.92 Å². The molecule has 0 saturated carbocycles. The SMILES string of the molecule is CCc1cccc(C)c1NC(=O)c1ccc(N2CCC(C)CC2)cn1. The molecular formula is C21H27N3O. The van der Waals surface area contributed by atoms with Gasteiger partial charge >= 0.3 is 0 Å². The van der Waals surface area contributed by atoms with Crippen LogP contribution in [0.4, 0.5) is 11.4 Å². The normalized spacial score (nSPS) is 15.2. The predicted octanol–water partition coefficient (Wildman–Crippen LogP) is 4.44. The molecule has 1 aliphatic heterocycles. The van der Waals surface area contributed by atoms with Gasteiger partial charge in [0, 0.05) is 18.8 Å². The van der Waals surface area contributed by atoms with E-state index in [1.807, 2.05) is 37.4 Å². The van der Waals surface area contributed by atoms with Crippen LogP contribution in [0.15, 0.2) is 36.5 Å². The minimum Gasteiger partial charge on any atom is -0.370 e. The Kier molecular flexibility index (Phi) is 5.37. The Labute approximate surface area is 150 Å². The molecule has 0 spiro atoms. The zero-order valence-electron chi connectivity index (χ0n) is 15.4. The van der Waals surface area contributed by atoms with E-state index in [4.69, 9.17) is 0 Å². The number of nitrogens with one attached hydrogen (secondary N) is 1. The minimum atomic E-state index is -0.150. The Bertz CT molecular complexity index is 731. The van der Waals surface area contributed by atoms with E-state index in [9.17, 15) is 4.79 Å². The minimum absolute atomic E-state index is 0.150. The molecule has 1 amide bonds. The highest BCUT2D eigenvalue weighted by atomic mass is 16.1. The van der Waals surface area contributed by atoms with Crippen molar-refractivity contribution in [3.63, 3.8) is 0 Å². The number of anilines is 2. The molecule has 1 aromatic carbocycles. The highest BCUT2D eigenvalue weighted by Crippen LogP contribution is 2.24. The predicted molar refractivity (Wildman–Crippen MR) is 103 cm³/mol. The summed E-state index contributed by atoms with van der Waals surface area (Å²) in [7, 11) is 0. The second-order valence-corrected chi connectivity index (χ2v) is 6.99. The third-order valence-corrected chi connectivity index (χ3v) is 5.11. The molecule has 1 N–H and O–H groups in total. The van der Waals surface area contributed by atoms with Gasteiger partial charge in [0.2, 0.25) is 0 Å². The number of carbonyl (C=O) groups excluding carboxylic acids is 1. The van der Waals surface area contributed by atoms with E-state index in [-0.39, 0.29) is 5.91 Å². The molecule has 25 heavy (non-hydrogen) atoms. The first-order valence-electron chi connectivity index (χ1n) is 9.19. The highest BCUT2D eigenvalue weighted by Gasteiger charge is 2.17. The molecule has 1 aromatic heterocycles. The van der Waals surface area contributed by atoms with Gasteiger partial charge in [-0.1, -0.05) is 32.0 Å². The van der Waals surface area contributed by atoms with Crippen LogP contribution >= 0.6 is 0 Å². The maximum absolute atomic E-state index is 12.6. The molecule has 1 aliphatic rings. The van der Waals surface area contributed by atoms with Crippen molar-refractivity contribution < 1.29 is 4.79 Å². The van der Waals surface area contributed by atoms with Crippen LogP contribution in [0, 0.1) is 12.8 Å². The Balaban J connectivity index is 1.71.